The van der Waals surface area contributed by atoms with E-state index in [1.54, 1.807) is 6.07 Å². The fraction of sp³-hybridized carbons (Fsp3) is 0.0769. The van der Waals surface area contributed by atoms with E-state index in [9.17, 15) is 18.0 Å². The van der Waals surface area contributed by atoms with E-state index in [0.29, 0.717) is 0 Å². The van der Waals surface area contributed by atoms with Crippen LogP contribution in [-0.2, 0) is 6.18 Å². The van der Waals surface area contributed by atoms with E-state index in [4.69, 9.17) is 4.74 Å². The lowest BCUT2D eigenvalue weighted by Crippen LogP contribution is -2.09. The van der Waals surface area contributed by atoms with Gasteiger partial charge in [0, 0.05) is 12.4 Å². The molecule has 0 saturated carbocycles. The predicted octanol–water partition coefficient (Wildman–Crippen LogP) is 3.32. The Bertz CT molecular complexity index is 565. The number of halogens is 3. The molecule has 0 aliphatic carbocycles. The number of pyridine rings is 1. The third kappa shape index (κ3) is 3.31. The Morgan fingerprint density at radius 2 is 1.79 bits per heavy atom. The van der Waals surface area contributed by atoms with Crippen molar-refractivity contribution in [3.63, 3.8) is 0 Å². The average Bonchev–Trinajstić information content (AvgIpc) is 2.39. The molecular weight excluding hydrogens is 259 g/mol. The smallest absolute Gasteiger partial charge is 0.416 e. The SMILES string of the molecule is O=C(Oc1ccc(C(F)(F)F)cc1)c1cccnc1. The van der Waals surface area contributed by atoms with Crippen LogP contribution in [0.25, 0.3) is 0 Å². The fourth-order valence-electron chi connectivity index (χ4n) is 1.36. The number of hydrogen-bond donors (Lipinski definition) is 0. The van der Waals surface area contributed by atoms with Crippen LogP contribution in [0.15, 0.2) is 48.8 Å². The highest BCUT2D eigenvalue weighted by molar-refractivity contribution is 5.90. The van der Waals surface area contributed by atoms with Gasteiger partial charge in [-0.25, -0.2) is 4.79 Å². The average molecular weight is 267 g/mol. The molecule has 19 heavy (non-hydrogen) atoms. The van der Waals surface area contributed by atoms with E-state index in [1.807, 2.05) is 0 Å². The molecule has 0 aliphatic heterocycles. The van der Waals surface area contributed by atoms with Crippen molar-refractivity contribution < 1.29 is 22.7 Å². The Hall–Kier alpha value is -2.37. The number of carbonyl (C=O) groups is 1. The van der Waals surface area contributed by atoms with Crippen LogP contribution in [-0.4, -0.2) is 11.0 Å². The second kappa shape index (κ2) is 5.09. The zero-order chi connectivity index (χ0) is 13.9. The first-order valence-corrected chi connectivity index (χ1v) is 5.26. The highest BCUT2D eigenvalue weighted by Gasteiger charge is 2.30. The third-order valence-electron chi connectivity index (χ3n) is 2.29. The first kappa shape index (κ1) is 13.1. The number of rotatable bonds is 2. The largest absolute Gasteiger partial charge is 0.423 e. The van der Waals surface area contributed by atoms with Crippen LogP contribution in [0.2, 0.25) is 0 Å². The molecule has 3 nitrogen and oxygen atoms in total. The minimum Gasteiger partial charge on any atom is -0.423 e. The van der Waals surface area contributed by atoms with E-state index in [0.717, 1.165) is 24.3 Å². The molecule has 2 aromatic rings. The Morgan fingerprint density at radius 3 is 2.32 bits per heavy atom. The summed E-state index contributed by atoms with van der Waals surface area (Å²) in [6.07, 6.45) is -1.60. The maximum Gasteiger partial charge on any atom is 0.416 e. The van der Waals surface area contributed by atoms with E-state index in [-0.39, 0.29) is 11.3 Å². The zero-order valence-electron chi connectivity index (χ0n) is 9.52. The summed E-state index contributed by atoms with van der Waals surface area (Å²) < 4.78 is 41.9. The second-order valence-electron chi connectivity index (χ2n) is 3.65. The molecule has 1 heterocycles. The lowest BCUT2D eigenvalue weighted by atomic mass is 10.2. The Labute approximate surface area is 106 Å². The van der Waals surface area contributed by atoms with Crippen molar-refractivity contribution in [2.24, 2.45) is 0 Å². The lowest BCUT2D eigenvalue weighted by molar-refractivity contribution is -0.137. The van der Waals surface area contributed by atoms with E-state index in [1.165, 1.54) is 18.5 Å². The topological polar surface area (TPSA) is 39.2 Å². The summed E-state index contributed by atoms with van der Waals surface area (Å²) in [4.78, 5) is 15.4. The van der Waals surface area contributed by atoms with E-state index >= 15 is 0 Å². The van der Waals surface area contributed by atoms with Gasteiger partial charge in [-0.1, -0.05) is 0 Å². The Morgan fingerprint density at radius 1 is 1.11 bits per heavy atom. The number of ether oxygens (including phenoxy) is 1. The third-order valence-corrected chi connectivity index (χ3v) is 2.29. The van der Waals surface area contributed by atoms with Gasteiger partial charge in [-0.15, -0.1) is 0 Å². The molecule has 0 bridgehead atoms. The summed E-state index contributed by atoms with van der Waals surface area (Å²) in [5.74, 6) is -0.630. The van der Waals surface area contributed by atoms with Gasteiger partial charge in [0.1, 0.15) is 5.75 Å². The number of benzene rings is 1. The lowest BCUT2D eigenvalue weighted by Gasteiger charge is -2.08. The molecule has 0 fully saturated rings. The van der Waals surface area contributed by atoms with Crippen molar-refractivity contribution in [2.45, 2.75) is 6.18 Å². The minimum atomic E-state index is -4.41. The number of esters is 1. The molecule has 0 atom stereocenters. The fourth-order valence-corrected chi connectivity index (χ4v) is 1.36. The maximum atomic E-state index is 12.3. The summed E-state index contributed by atoms with van der Waals surface area (Å²) in [7, 11) is 0. The monoisotopic (exact) mass is 267 g/mol. The summed E-state index contributed by atoms with van der Waals surface area (Å²) in [6, 6.07) is 6.95. The highest BCUT2D eigenvalue weighted by atomic mass is 19.4. The van der Waals surface area contributed by atoms with E-state index in [2.05, 4.69) is 4.98 Å². The molecule has 98 valence electrons. The number of alkyl halides is 3. The second-order valence-corrected chi connectivity index (χ2v) is 3.65. The number of hydrogen-bond acceptors (Lipinski definition) is 3. The Balaban J connectivity index is 2.10. The molecule has 0 radical (unpaired) electrons. The van der Waals surface area contributed by atoms with Gasteiger partial charge in [-0.2, -0.15) is 13.2 Å². The molecular formula is C13H8F3NO2. The number of carbonyl (C=O) groups excluding carboxylic acids is 1. The van der Waals surface area contributed by atoms with Gasteiger partial charge in [0.25, 0.3) is 0 Å². The zero-order valence-corrected chi connectivity index (χ0v) is 9.52. The Kier molecular flexibility index (Phi) is 3.50. The molecule has 1 aromatic heterocycles. The van der Waals surface area contributed by atoms with Crippen LogP contribution < -0.4 is 4.74 Å². The molecule has 6 heteroatoms. The van der Waals surface area contributed by atoms with Crippen LogP contribution in [0.3, 0.4) is 0 Å². The molecule has 0 N–H and O–H groups in total. The van der Waals surface area contributed by atoms with Gasteiger partial charge in [-0.05, 0) is 36.4 Å². The van der Waals surface area contributed by atoms with Crippen molar-refractivity contribution in [1.82, 2.24) is 4.98 Å². The molecule has 1 aromatic carbocycles. The summed E-state index contributed by atoms with van der Waals surface area (Å²) in [5, 5.41) is 0. The van der Waals surface area contributed by atoms with Crippen molar-refractivity contribution in [3.8, 4) is 5.75 Å². The normalized spacial score (nSPS) is 11.1. The standard InChI is InChI=1S/C13H8F3NO2/c14-13(15,16)10-3-5-11(6-4-10)19-12(18)9-2-1-7-17-8-9/h1-8H. The van der Waals surface area contributed by atoms with Gasteiger partial charge in [0.05, 0.1) is 11.1 Å². The molecule has 0 saturated heterocycles. The van der Waals surface area contributed by atoms with Crippen LogP contribution in [0, 0.1) is 0 Å². The van der Waals surface area contributed by atoms with Crippen LogP contribution in [0.1, 0.15) is 15.9 Å². The number of nitrogens with zero attached hydrogens (tertiary/aromatic N) is 1. The summed E-state index contributed by atoms with van der Waals surface area (Å²) in [5.41, 5.74) is -0.573. The maximum absolute atomic E-state index is 12.3. The molecule has 0 amide bonds. The van der Waals surface area contributed by atoms with Gasteiger partial charge in [-0.3, -0.25) is 4.98 Å². The van der Waals surface area contributed by atoms with Crippen molar-refractivity contribution in [2.75, 3.05) is 0 Å². The predicted molar refractivity (Wildman–Crippen MR) is 60.6 cm³/mol. The van der Waals surface area contributed by atoms with Crippen LogP contribution in [0.5, 0.6) is 5.75 Å². The first-order valence-electron chi connectivity index (χ1n) is 5.26. The van der Waals surface area contributed by atoms with Crippen molar-refractivity contribution >= 4 is 5.97 Å². The molecule has 0 unspecified atom stereocenters. The first-order chi connectivity index (χ1) is 8.97. The van der Waals surface area contributed by atoms with Crippen molar-refractivity contribution in [3.05, 3.63) is 59.9 Å². The molecule has 0 aliphatic rings. The van der Waals surface area contributed by atoms with Crippen molar-refractivity contribution in [1.29, 1.82) is 0 Å². The van der Waals surface area contributed by atoms with Crippen LogP contribution >= 0.6 is 0 Å². The van der Waals surface area contributed by atoms with Gasteiger partial charge < -0.3 is 4.74 Å². The molecule has 0 spiro atoms. The highest BCUT2D eigenvalue weighted by Crippen LogP contribution is 2.30. The van der Waals surface area contributed by atoms with Gasteiger partial charge >= 0.3 is 12.1 Å². The molecule has 2 rings (SSSR count). The van der Waals surface area contributed by atoms with E-state index < -0.39 is 17.7 Å². The van der Waals surface area contributed by atoms with Gasteiger partial charge in [0.15, 0.2) is 0 Å². The summed E-state index contributed by atoms with van der Waals surface area (Å²) in [6.45, 7) is 0. The quantitative estimate of drug-likeness (QED) is 0.619. The van der Waals surface area contributed by atoms with Gasteiger partial charge in [0.2, 0.25) is 0 Å². The number of aromatic nitrogens is 1. The van der Waals surface area contributed by atoms with Crippen LogP contribution in [0.4, 0.5) is 13.2 Å². The minimum absolute atomic E-state index is 0.0434. The summed E-state index contributed by atoms with van der Waals surface area (Å²) >= 11 is 0.